The second-order valence-electron chi connectivity index (χ2n) is 3.80. The van der Waals surface area contributed by atoms with Gasteiger partial charge in [-0.1, -0.05) is 23.4 Å². The molecule has 7 nitrogen and oxygen atoms in total. The minimum atomic E-state index is -0.554. The molecule has 0 aliphatic carbocycles. The molecule has 1 aromatic heterocycles. The summed E-state index contributed by atoms with van der Waals surface area (Å²) in [6, 6.07) is 5.74. The van der Waals surface area contributed by atoms with Crippen LogP contribution in [-0.4, -0.2) is 28.2 Å². The molecule has 0 atom stereocenters. The zero-order chi connectivity index (χ0) is 15.4. The van der Waals surface area contributed by atoms with Crippen LogP contribution in [0.25, 0.3) is 0 Å². The van der Waals surface area contributed by atoms with Crippen molar-refractivity contribution in [2.75, 3.05) is 18.6 Å². The fraction of sp³-hybridized carbons (Fsp3) is 0.167. The van der Waals surface area contributed by atoms with E-state index in [1.807, 2.05) is 6.26 Å². The fourth-order valence-corrected chi connectivity index (χ4v) is 2.11. The number of benzene rings is 1. The number of hydrogen-bond acceptors (Lipinski definition) is 7. The Kier molecular flexibility index (Phi) is 4.81. The number of nitro groups is 1. The van der Waals surface area contributed by atoms with Crippen LogP contribution in [0, 0.1) is 10.1 Å². The number of aromatic nitrogens is 2. The first-order valence-corrected chi connectivity index (χ1v) is 7.36. The van der Waals surface area contributed by atoms with Crippen molar-refractivity contribution in [2.45, 2.75) is 5.16 Å². The molecule has 0 unspecified atom stereocenters. The van der Waals surface area contributed by atoms with Crippen molar-refractivity contribution in [3.05, 3.63) is 39.4 Å². The van der Waals surface area contributed by atoms with E-state index in [-0.39, 0.29) is 10.7 Å². The van der Waals surface area contributed by atoms with E-state index in [0.29, 0.717) is 22.6 Å². The lowest BCUT2D eigenvalue weighted by molar-refractivity contribution is -0.384. The number of thioether (sulfide) groups is 1. The van der Waals surface area contributed by atoms with Crippen molar-refractivity contribution < 1.29 is 9.66 Å². The van der Waals surface area contributed by atoms with Crippen molar-refractivity contribution >= 4 is 34.9 Å². The molecule has 2 aromatic rings. The van der Waals surface area contributed by atoms with E-state index in [4.69, 9.17) is 16.3 Å². The average Bonchev–Trinajstić information content (AvgIpc) is 2.46. The average molecular weight is 327 g/mol. The third kappa shape index (κ3) is 3.73. The first kappa shape index (κ1) is 15.3. The van der Waals surface area contributed by atoms with Gasteiger partial charge >= 0.3 is 0 Å². The summed E-state index contributed by atoms with van der Waals surface area (Å²) < 4.78 is 5.57. The summed E-state index contributed by atoms with van der Waals surface area (Å²) in [5, 5.41) is 14.2. The Balaban J connectivity index is 2.29. The minimum Gasteiger partial charge on any atom is -0.439 e. The van der Waals surface area contributed by atoms with Gasteiger partial charge in [-0.25, -0.2) is 4.98 Å². The number of halogens is 1. The van der Waals surface area contributed by atoms with E-state index in [1.54, 1.807) is 13.1 Å². The molecule has 0 aliphatic rings. The smallest absolute Gasteiger partial charge is 0.288 e. The van der Waals surface area contributed by atoms with Crippen molar-refractivity contribution in [3.63, 3.8) is 0 Å². The Hall–Kier alpha value is -2.06. The lowest BCUT2D eigenvalue weighted by Gasteiger charge is -2.08. The monoisotopic (exact) mass is 326 g/mol. The topological polar surface area (TPSA) is 90.2 Å². The summed E-state index contributed by atoms with van der Waals surface area (Å²) in [6.07, 6.45) is 1.85. The number of nitrogens with one attached hydrogen (secondary N) is 1. The van der Waals surface area contributed by atoms with Crippen LogP contribution in [0.15, 0.2) is 29.4 Å². The molecule has 21 heavy (non-hydrogen) atoms. The van der Waals surface area contributed by atoms with E-state index in [1.165, 1.54) is 30.0 Å². The highest BCUT2D eigenvalue weighted by Crippen LogP contribution is 2.31. The lowest BCUT2D eigenvalue weighted by Crippen LogP contribution is -1.98. The summed E-state index contributed by atoms with van der Waals surface area (Å²) >= 11 is 7.21. The third-order valence-corrected chi connectivity index (χ3v) is 3.31. The predicted molar refractivity (Wildman–Crippen MR) is 81.5 cm³/mol. The molecule has 2 rings (SSSR count). The molecular formula is C12H11ClN4O3S. The van der Waals surface area contributed by atoms with Gasteiger partial charge in [0.15, 0.2) is 5.16 Å². The van der Waals surface area contributed by atoms with Gasteiger partial charge in [-0.3, -0.25) is 10.1 Å². The van der Waals surface area contributed by atoms with E-state index < -0.39 is 4.92 Å². The molecule has 110 valence electrons. The quantitative estimate of drug-likeness (QED) is 0.388. The molecule has 0 radical (unpaired) electrons. The molecule has 1 N–H and O–H groups in total. The molecule has 0 spiro atoms. The minimum absolute atomic E-state index is 0.00508. The van der Waals surface area contributed by atoms with Gasteiger partial charge in [0.05, 0.1) is 4.92 Å². The highest BCUT2D eigenvalue weighted by molar-refractivity contribution is 7.98. The number of nitrogens with zero attached hydrogens (tertiary/aromatic N) is 3. The highest BCUT2D eigenvalue weighted by Gasteiger charge is 2.13. The first-order chi connectivity index (χ1) is 10.0. The molecule has 9 heteroatoms. The van der Waals surface area contributed by atoms with Crippen LogP contribution in [0.5, 0.6) is 11.6 Å². The predicted octanol–water partition coefficient (Wildman–Crippen LogP) is 3.59. The number of anilines is 1. The van der Waals surface area contributed by atoms with E-state index in [2.05, 4.69) is 15.3 Å². The van der Waals surface area contributed by atoms with Gasteiger partial charge in [0.1, 0.15) is 16.6 Å². The van der Waals surface area contributed by atoms with Gasteiger partial charge in [-0.05, 0) is 12.3 Å². The molecule has 0 amide bonds. The van der Waals surface area contributed by atoms with Gasteiger partial charge in [-0.2, -0.15) is 4.98 Å². The molecule has 0 bridgehead atoms. The molecule has 1 aromatic carbocycles. The van der Waals surface area contributed by atoms with Crippen molar-refractivity contribution in [1.29, 1.82) is 0 Å². The zero-order valence-electron chi connectivity index (χ0n) is 11.2. The Morgan fingerprint density at radius 2 is 2.14 bits per heavy atom. The summed E-state index contributed by atoms with van der Waals surface area (Å²) in [7, 11) is 1.74. The molecule has 0 saturated carbocycles. The standard InChI is InChI=1S/C12H11ClN4O3S/c1-14-10-6-11(16-12(15-10)21-2)20-7-3-4-9(17(18)19)8(13)5-7/h3-6H,1-2H3,(H,14,15,16). The SMILES string of the molecule is CNc1cc(Oc2ccc([N+](=O)[O-])c(Cl)c2)nc(SC)n1. The Labute approximate surface area is 129 Å². The van der Waals surface area contributed by atoms with E-state index in [0.717, 1.165) is 0 Å². The van der Waals surface area contributed by atoms with Crippen LogP contribution >= 0.6 is 23.4 Å². The Bertz CT molecular complexity index is 661. The number of hydrogen-bond donors (Lipinski definition) is 1. The van der Waals surface area contributed by atoms with Crippen LogP contribution in [-0.2, 0) is 0 Å². The van der Waals surface area contributed by atoms with Crippen LogP contribution in [0.3, 0.4) is 0 Å². The maximum absolute atomic E-state index is 10.7. The zero-order valence-corrected chi connectivity index (χ0v) is 12.7. The lowest BCUT2D eigenvalue weighted by atomic mass is 10.3. The fourth-order valence-electron chi connectivity index (χ4n) is 1.50. The van der Waals surface area contributed by atoms with Gasteiger partial charge in [-0.15, -0.1) is 0 Å². The maximum atomic E-state index is 10.7. The summed E-state index contributed by atoms with van der Waals surface area (Å²) in [6.45, 7) is 0. The number of rotatable bonds is 5. The second-order valence-corrected chi connectivity index (χ2v) is 4.98. The van der Waals surface area contributed by atoms with E-state index in [9.17, 15) is 10.1 Å². The Morgan fingerprint density at radius 3 is 2.71 bits per heavy atom. The molecule has 0 fully saturated rings. The summed E-state index contributed by atoms with van der Waals surface area (Å²) in [5.41, 5.74) is -0.174. The first-order valence-electron chi connectivity index (χ1n) is 5.76. The molecule has 0 aliphatic heterocycles. The van der Waals surface area contributed by atoms with Gasteiger partial charge in [0.2, 0.25) is 5.88 Å². The number of ether oxygens (including phenoxy) is 1. The maximum Gasteiger partial charge on any atom is 0.288 e. The molecule has 0 saturated heterocycles. The van der Waals surface area contributed by atoms with Crippen molar-refractivity contribution in [1.82, 2.24) is 9.97 Å². The third-order valence-electron chi connectivity index (χ3n) is 2.46. The van der Waals surface area contributed by atoms with Gasteiger partial charge < -0.3 is 10.1 Å². The summed E-state index contributed by atoms with van der Waals surface area (Å²) in [4.78, 5) is 18.6. The van der Waals surface area contributed by atoms with Crippen LogP contribution in [0.4, 0.5) is 11.5 Å². The Morgan fingerprint density at radius 1 is 1.38 bits per heavy atom. The molecular weight excluding hydrogens is 316 g/mol. The van der Waals surface area contributed by atoms with Crippen LogP contribution < -0.4 is 10.1 Å². The van der Waals surface area contributed by atoms with Gasteiger partial charge in [0, 0.05) is 25.2 Å². The summed E-state index contributed by atoms with van der Waals surface area (Å²) in [5.74, 6) is 1.29. The highest BCUT2D eigenvalue weighted by atomic mass is 35.5. The van der Waals surface area contributed by atoms with Crippen LogP contribution in [0.1, 0.15) is 0 Å². The van der Waals surface area contributed by atoms with E-state index >= 15 is 0 Å². The largest absolute Gasteiger partial charge is 0.439 e. The normalized spacial score (nSPS) is 10.2. The van der Waals surface area contributed by atoms with Crippen molar-refractivity contribution in [2.24, 2.45) is 0 Å². The second kappa shape index (κ2) is 6.59. The van der Waals surface area contributed by atoms with Crippen molar-refractivity contribution in [3.8, 4) is 11.6 Å². The van der Waals surface area contributed by atoms with Gasteiger partial charge in [0.25, 0.3) is 5.69 Å². The van der Waals surface area contributed by atoms with Crippen LogP contribution in [0.2, 0.25) is 5.02 Å². The molecule has 1 heterocycles. The number of nitro benzene ring substituents is 1.